The summed E-state index contributed by atoms with van der Waals surface area (Å²) < 4.78 is 5.41. The number of rotatable bonds is 2. The van der Waals surface area contributed by atoms with Gasteiger partial charge in [-0.3, -0.25) is 0 Å². The van der Waals surface area contributed by atoms with Crippen LogP contribution in [-0.4, -0.2) is 22.3 Å². The standard InChI is InChI=1S/C13H14Cl3NO2/c1-13(2,3)19-6-4-5-9(18)10-11(15)8(14)7-17-12(10)16/h7,9,18H,6H2,1-3H3. The highest BCUT2D eigenvalue weighted by atomic mass is 35.5. The minimum Gasteiger partial charge on any atom is -0.376 e. The lowest BCUT2D eigenvalue weighted by Crippen LogP contribution is -2.19. The molecule has 0 amide bonds. The smallest absolute Gasteiger partial charge is 0.144 e. The molecule has 1 N–H and O–H groups in total. The summed E-state index contributed by atoms with van der Waals surface area (Å²) in [4.78, 5) is 3.82. The predicted octanol–water partition coefficient (Wildman–Crippen LogP) is 3.89. The fraction of sp³-hybridized carbons (Fsp3) is 0.462. The van der Waals surface area contributed by atoms with Gasteiger partial charge in [-0.2, -0.15) is 0 Å². The van der Waals surface area contributed by atoms with Crippen molar-refractivity contribution >= 4 is 34.8 Å². The van der Waals surface area contributed by atoms with Gasteiger partial charge in [-0.15, -0.1) is 0 Å². The third-order valence-corrected chi connectivity index (χ3v) is 3.14. The Morgan fingerprint density at radius 1 is 1.37 bits per heavy atom. The van der Waals surface area contributed by atoms with E-state index in [9.17, 15) is 5.11 Å². The molecule has 0 aliphatic carbocycles. The van der Waals surface area contributed by atoms with Crippen LogP contribution in [0, 0.1) is 11.8 Å². The molecule has 0 spiro atoms. The highest BCUT2D eigenvalue weighted by molar-refractivity contribution is 6.43. The van der Waals surface area contributed by atoms with Gasteiger partial charge in [0.25, 0.3) is 0 Å². The molecule has 104 valence electrons. The zero-order valence-electron chi connectivity index (χ0n) is 10.8. The lowest BCUT2D eigenvalue weighted by atomic mass is 10.1. The van der Waals surface area contributed by atoms with E-state index < -0.39 is 6.10 Å². The maximum atomic E-state index is 9.94. The molecule has 0 aromatic carbocycles. The molecule has 1 heterocycles. The lowest BCUT2D eigenvalue weighted by molar-refractivity contribution is 0.0179. The van der Waals surface area contributed by atoms with Gasteiger partial charge in [0.15, 0.2) is 0 Å². The molecular formula is C13H14Cl3NO2. The SMILES string of the molecule is CC(C)(C)OCC#CC(O)c1c(Cl)ncc(Cl)c1Cl. The summed E-state index contributed by atoms with van der Waals surface area (Å²) in [5.41, 5.74) is -0.0777. The number of pyridine rings is 1. The zero-order valence-corrected chi connectivity index (χ0v) is 13.1. The van der Waals surface area contributed by atoms with Crippen LogP contribution in [0.25, 0.3) is 0 Å². The van der Waals surface area contributed by atoms with E-state index in [-0.39, 0.29) is 33.0 Å². The monoisotopic (exact) mass is 321 g/mol. The number of aliphatic hydroxyl groups is 1. The maximum absolute atomic E-state index is 9.94. The van der Waals surface area contributed by atoms with Gasteiger partial charge in [0.2, 0.25) is 0 Å². The first-order valence-corrected chi connectivity index (χ1v) is 6.65. The van der Waals surface area contributed by atoms with Gasteiger partial charge in [0.05, 0.1) is 21.2 Å². The van der Waals surface area contributed by atoms with E-state index in [2.05, 4.69) is 16.8 Å². The van der Waals surface area contributed by atoms with Crippen molar-refractivity contribution in [2.45, 2.75) is 32.5 Å². The number of ether oxygens (including phenoxy) is 1. The molecule has 1 aromatic rings. The number of halogens is 3. The first-order valence-electron chi connectivity index (χ1n) is 5.52. The number of aromatic nitrogens is 1. The molecule has 1 unspecified atom stereocenters. The molecule has 19 heavy (non-hydrogen) atoms. The Balaban J connectivity index is 2.82. The molecular weight excluding hydrogens is 309 g/mol. The Morgan fingerprint density at radius 3 is 2.58 bits per heavy atom. The van der Waals surface area contributed by atoms with Crippen LogP contribution in [0.3, 0.4) is 0 Å². The minimum atomic E-state index is -1.16. The van der Waals surface area contributed by atoms with Crippen molar-refractivity contribution in [2.24, 2.45) is 0 Å². The average molecular weight is 323 g/mol. The largest absolute Gasteiger partial charge is 0.376 e. The van der Waals surface area contributed by atoms with Crippen LogP contribution in [0.1, 0.15) is 32.4 Å². The van der Waals surface area contributed by atoms with Crippen molar-refractivity contribution in [2.75, 3.05) is 6.61 Å². The van der Waals surface area contributed by atoms with Crippen molar-refractivity contribution < 1.29 is 9.84 Å². The summed E-state index contributed by atoms with van der Waals surface area (Å²) in [5, 5.41) is 10.4. The average Bonchev–Trinajstić information content (AvgIpc) is 2.29. The topological polar surface area (TPSA) is 42.4 Å². The van der Waals surface area contributed by atoms with Gasteiger partial charge in [-0.1, -0.05) is 46.6 Å². The summed E-state index contributed by atoms with van der Waals surface area (Å²) in [6.45, 7) is 5.95. The number of nitrogens with zero attached hydrogens (tertiary/aromatic N) is 1. The predicted molar refractivity (Wildman–Crippen MR) is 77.7 cm³/mol. The maximum Gasteiger partial charge on any atom is 0.144 e. The minimum absolute atomic E-state index is 0.0768. The van der Waals surface area contributed by atoms with E-state index in [0.29, 0.717) is 0 Å². The van der Waals surface area contributed by atoms with Crippen LogP contribution in [0.4, 0.5) is 0 Å². The zero-order chi connectivity index (χ0) is 14.6. The number of aliphatic hydroxyl groups excluding tert-OH is 1. The summed E-state index contributed by atoms with van der Waals surface area (Å²) in [5.74, 6) is 5.30. The Bertz CT molecular complexity index is 515. The van der Waals surface area contributed by atoms with Gasteiger partial charge < -0.3 is 9.84 Å². The molecule has 1 atom stereocenters. The van der Waals surface area contributed by atoms with Crippen molar-refractivity contribution in [1.82, 2.24) is 4.98 Å². The van der Waals surface area contributed by atoms with Gasteiger partial charge in [-0.25, -0.2) is 4.98 Å². The molecule has 1 aromatic heterocycles. The van der Waals surface area contributed by atoms with E-state index in [4.69, 9.17) is 39.5 Å². The van der Waals surface area contributed by atoms with Crippen LogP contribution in [0.15, 0.2) is 6.20 Å². The van der Waals surface area contributed by atoms with Gasteiger partial charge >= 0.3 is 0 Å². The second kappa shape index (κ2) is 6.78. The summed E-state index contributed by atoms with van der Waals surface area (Å²) in [6, 6.07) is 0. The lowest BCUT2D eigenvalue weighted by Gasteiger charge is -2.17. The second-order valence-corrected chi connectivity index (χ2v) is 5.89. The highest BCUT2D eigenvalue weighted by Gasteiger charge is 2.17. The number of hydrogen-bond acceptors (Lipinski definition) is 3. The first kappa shape index (κ1) is 16.6. The van der Waals surface area contributed by atoms with Crippen LogP contribution in [-0.2, 0) is 4.74 Å². The third kappa shape index (κ3) is 5.18. The molecule has 0 bridgehead atoms. The molecule has 0 fully saturated rings. The third-order valence-electron chi connectivity index (χ3n) is 2.05. The Morgan fingerprint density at radius 2 is 2.00 bits per heavy atom. The van der Waals surface area contributed by atoms with E-state index in [1.54, 1.807) is 0 Å². The quantitative estimate of drug-likeness (QED) is 0.663. The van der Waals surface area contributed by atoms with Crippen LogP contribution in [0.5, 0.6) is 0 Å². The first-order chi connectivity index (χ1) is 8.72. The molecule has 0 radical (unpaired) electrons. The van der Waals surface area contributed by atoms with Crippen LogP contribution >= 0.6 is 34.8 Å². The van der Waals surface area contributed by atoms with Crippen LogP contribution in [0.2, 0.25) is 15.2 Å². The van der Waals surface area contributed by atoms with Crippen LogP contribution < -0.4 is 0 Å². The van der Waals surface area contributed by atoms with Crippen molar-refractivity contribution in [1.29, 1.82) is 0 Å². The van der Waals surface area contributed by atoms with Gasteiger partial charge in [0, 0.05) is 6.20 Å². The van der Waals surface area contributed by atoms with Crippen molar-refractivity contribution in [3.8, 4) is 11.8 Å². The molecule has 6 heteroatoms. The van der Waals surface area contributed by atoms with E-state index in [1.165, 1.54) is 6.20 Å². The van der Waals surface area contributed by atoms with Crippen molar-refractivity contribution in [3.05, 3.63) is 27.0 Å². The summed E-state index contributed by atoms with van der Waals surface area (Å²) >= 11 is 17.6. The summed E-state index contributed by atoms with van der Waals surface area (Å²) in [7, 11) is 0. The summed E-state index contributed by atoms with van der Waals surface area (Å²) in [6.07, 6.45) is 0.160. The fourth-order valence-corrected chi connectivity index (χ4v) is 1.84. The molecule has 1 rings (SSSR count). The molecule has 0 saturated carbocycles. The highest BCUT2D eigenvalue weighted by Crippen LogP contribution is 2.33. The Hall–Kier alpha value is -0.500. The van der Waals surface area contributed by atoms with E-state index >= 15 is 0 Å². The van der Waals surface area contributed by atoms with Crippen molar-refractivity contribution in [3.63, 3.8) is 0 Å². The molecule has 0 aliphatic heterocycles. The Labute approximate surface area is 127 Å². The molecule has 0 aliphatic rings. The molecule has 3 nitrogen and oxygen atoms in total. The van der Waals surface area contributed by atoms with E-state index in [0.717, 1.165) is 0 Å². The van der Waals surface area contributed by atoms with Gasteiger partial charge in [-0.05, 0) is 20.8 Å². The fourth-order valence-electron chi connectivity index (χ4n) is 1.15. The number of hydrogen-bond donors (Lipinski definition) is 1. The normalized spacial score (nSPS) is 12.8. The van der Waals surface area contributed by atoms with E-state index in [1.807, 2.05) is 20.8 Å². The Kier molecular flexibility index (Phi) is 5.91. The molecule has 0 saturated heterocycles. The van der Waals surface area contributed by atoms with Gasteiger partial charge in [0.1, 0.15) is 17.9 Å². The second-order valence-electron chi connectivity index (χ2n) is 4.75.